The fourth-order valence-electron chi connectivity index (χ4n) is 10.4. The van der Waals surface area contributed by atoms with Gasteiger partial charge in [-0.25, -0.2) is 4.98 Å². The zero-order chi connectivity index (χ0) is 39.2. The van der Waals surface area contributed by atoms with Crippen molar-refractivity contribution < 1.29 is 25.8 Å². The van der Waals surface area contributed by atoms with Gasteiger partial charge in [0.05, 0.1) is 22.4 Å². The third-order valence-corrected chi connectivity index (χ3v) is 13.5. The van der Waals surface area contributed by atoms with Crippen LogP contribution in [-0.4, -0.2) is 20.9 Å². The van der Waals surface area contributed by atoms with E-state index in [0.29, 0.717) is 11.5 Å². The molecule has 6 heteroatoms. The molecular formula is C51H48N4OPt. The van der Waals surface area contributed by atoms with Gasteiger partial charge in [-0.2, -0.15) is 6.07 Å². The first kappa shape index (κ1) is 37.6. The van der Waals surface area contributed by atoms with E-state index in [4.69, 9.17) is 14.7 Å². The standard InChI is InChI=1S/C51H48N4O.Pt/c1-28-20-33(6)45(34(7)21-28)55-47(53-50(10)26-38-30(3)14-12-16-39(38)51(50,55)11)35-19-18-31(4)43(24-35)56-44-25-42-41(23-32(44)5)49(8,9)40-17-13-15-36-37-22-29(2)27-52-48(37)54(42)46(36)40;/h12-23,27H,26H2,1-11H3;/q-2;+2/t50-,51+;/m1./s1. The van der Waals surface area contributed by atoms with Crippen LogP contribution in [0.4, 0.5) is 5.69 Å². The Morgan fingerprint density at radius 3 is 2.12 bits per heavy atom. The molecule has 3 aliphatic rings. The molecule has 2 aliphatic heterocycles. The van der Waals surface area contributed by atoms with Gasteiger partial charge >= 0.3 is 21.1 Å². The van der Waals surface area contributed by atoms with Gasteiger partial charge in [-0.15, -0.1) is 34.9 Å². The largest absolute Gasteiger partial charge is 2.00 e. The second-order valence-electron chi connectivity index (χ2n) is 17.7. The Labute approximate surface area is 351 Å². The van der Waals surface area contributed by atoms with Crippen molar-refractivity contribution in [1.82, 2.24) is 9.55 Å². The maximum atomic E-state index is 6.97. The molecule has 2 atom stereocenters. The number of aromatic nitrogens is 2. The second kappa shape index (κ2) is 12.5. The maximum absolute atomic E-state index is 6.97. The van der Waals surface area contributed by atoms with Gasteiger partial charge in [0.15, 0.2) is 0 Å². The second-order valence-corrected chi connectivity index (χ2v) is 17.7. The first-order valence-electron chi connectivity index (χ1n) is 19.9. The van der Waals surface area contributed by atoms with Crippen molar-refractivity contribution in [2.24, 2.45) is 4.99 Å². The summed E-state index contributed by atoms with van der Waals surface area (Å²) in [4.78, 5) is 13.2. The van der Waals surface area contributed by atoms with Crippen LogP contribution in [-0.2, 0) is 38.4 Å². The number of para-hydroxylation sites is 1. The summed E-state index contributed by atoms with van der Waals surface area (Å²) in [6.07, 6.45) is 2.84. The molecule has 0 unspecified atom stereocenters. The molecule has 1 aliphatic carbocycles. The van der Waals surface area contributed by atoms with E-state index in [1.165, 1.54) is 61.1 Å². The van der Waals surface area contributed by atoms with Gasteiger partial charge in [-0.1, -0.05) is 99.1 Å². The number of aryl methyl sites for hydroxylation is 7. The van der Waals surface area contributed by atoms with E-state index in [1.54, 1.807) is 0 Å². The summed E-state index contributed by atoms with van der Waals surface area (Å²) in [5.74, 6) is 2.29. The van der Waals surface area contributed by atoms with E-state index in [2.05, 4.69) is 171 Å². The molecule has 0 saturated heterocycles. The van der Waals surface area contributed by atoms with Crippen LogP contribution in [0.25, 0.3) is 27.6 Å². The molecule has 0 saturated carbocycles. The quantitative estimate of drug-likeness (QED) is 0.165. The number of rotatable bonds is 4. The van der Waals surface area contributed by atoms with E-state index in [-0.39, 0.29) is 32.0 Å². The number of benzene rings is 5. The number of amidine groups is 1. The predicted octanol–water partition coefficient (Wildman–Crippen LogP) is 11.9. The summed E-state index contributed by atoms with van der Waals surface area (Å²) in [5.41, 5.74) is 17.7. The number of nitrogens with zero attached hydrogens (tertiary/aromatic N) is 4. The number of hydrogen-bond acceptors (Lipinski definition) is 4. The molecule has 57 heavy (non-hydrogen) atoms. The Morgan fingerprint density at radius 2 is 1.37 bits per heavy atom. The molecule has 288 valence electrons. The summed E-state index contributed by atoms with van der Waals surface area (Å²) in [7, 11) is 0. The average Bonchev–Trinajstić information content (AvgIpc) is 3.67. The van der Waals surface area contributed by atoms with Crippen LogP contribution in [0.3, 0.4) is 0 Å². The molecule has 5 nitrogen and oxygen atoms in total. The van der Waals surface area contributed by atoms with Crippen LogP contribution in [0.1, 0.15) is 94.5 Å². The minimum atomic E-state index is -0.405. The Hall–Kier alpha value is -4.99. The van der Waals surface area contributed by atoms with Gasteiger partial charge in [-0.05, 0) is 105 Å². The van der Waals surface area contributed by atoms with Crippen molar-refractivity contribution in [2.75, 3.05) is 4.90 Å². The van der Waals surface area contributed by atoms with Crippen molar-refractivity contribution in [3.8, 4) is 17.2 Å². The first-order chi connectivity index (χ1) is 26.6. The summed E-state index contributed by atoms with van der Waals surface area (Å²) < 4.78 is 9.27. The van der Waals surface area contributed by atoms with E-state index in [0.717, 1.165) is 51.2 Å². The van der Waals surface area contributed by atoms with Gasteiger partial charge in [0.25, 0.3) is 0 Å². The molecule has 2 aromatic heterocycles. The number of fused-ring (bicyclic) bond motifs is 8. The predicted molar refractivity (Wildman–Crippen MR) is 229 cm³/mol. The van der Waals surface area contributed by atoms with E-state index in [9.17, 15) is 0 Å². The van der Waals surface area contributed by atoms with E-state index >= 15 is 0 Å². The fraction of sp³-hybridized carbons (Fsp3) is 0.294. The zero-order valence-electron chi connectivity index (χ0n) is 34.7. The van der Waals surface area contributed by atoms with Crippen LogP contribution in [0.2, 0.25) is 0 Å². The number of anilines is 1. The maximum Gasteiger partial charge on any atom is 2.00 e. The number of hydrogen-bond donors (Lipinski definition) is 0. The molecule has 0 radical (unpaired) electrons. The smallest absolute Gasteiger partial charge is 0.502 e. The van der Waals surface area contributed by atoms with Crippen LogP contribution in [0, 0.1) is 60.6 Å². The molecule has 5 aromatic carbocycles. The molecule has 4 heterocycles. The normalized spacial score (nSPS) is 20.0. The number of ether oxygens (including phenoxy) is 1. The molecule has 0 N–H and O–H groups in total. The topological polar surface area (TPSA) is 42.6 Å². The van der Waals surface area contributed by atoms with Crippen molar-refractivity contribution in [3.05, 3.63) is 158 Å². The van der Waals surface area contributed by atoms with Crippen LogP contribution in [0.15, 0.2) is 84.0 Å². The van der Waals surface area contributed by atoms with Crippen molar-refractivity contribution in [3.63, 3.8) is 0 Å². The number of pyridine rings is 1. The molecule has 0 fully saturated rings. The van der Waals surface area contributed by atoms with Gasteiger partial charge < -0.3 is 19.2 Å². The minimum Gasteiger partial charge on any atom is -0.502 e. The van der Waals surface area contributed by atoms with Gasteiger partial charge in [0, 0.05) is 34.2 Å². The summed E-state index contributed by atoms with van der Waals surface area (Å²) in [6.45, 7) is 24.6. The third kappa shape index (κ3) is 5.03. The van der Waals surface area contributed by atoms with Crippen LogP contribution in [0.5, 0.6) is 11.5 Å². The van der Waals surface area contributed by atoms with Gasteiger partial charge in [0.2, 0.25) is 0 Å². The Kier molecular flexibility index (Phi) is 8.24. The van der Waals surface area contributed by atoms with Crippen LogP contribution < -0.4 is 9.64 Å². The first-order valence-corrected chi connectivity index (χ1v) is 19.9. The summed E-state index contributed by atoms with van der Waals surface area (Å²) >= 11 is 0. The van der Waals surface area contributed by atoms with Crippen molar-refractivity contribution in [2.45, 2.75) is 99.1 Å². The van der Waals surface area contributed by atoms with E-state index in [1.807, 2.05) is 6.20 Å². The van der Waals surface area contributed by atoms with Crippen molar-refractivity contribution >= 4 is 33.5 Å². The Morgan fingerprint density at radius 1 is 0.667 bits per heavy atom. The molecule has 0 amide bonds. The zero-order valence-corrected chi connectivity index (χ0v) is 37.0. The molecule has 0 spiro atoms. The van der Waals surface area contributed by atoms with Gasteiger partial charge in [0.1, 0.15) is 5.65 Å². The number of aliphatic imine (C=N–C) groups is 1. The SMILES string of the molecule is Cc1cc(C)c(N2C(c3[c-]c(Oc4[c-]c5c(cc4C)C(C)(C)c4cccc6c7cc(C)cnc7n-5c46)c(C)cc3)=N[C@]3(C)Cc4c(C)cccc4[C@]23C)c(C)c1.[Pt+2]. The Bertz CT molecular complexity index is 2890. The summed E-state index contributed by atoms with van der Waals surface area (Å²) in [6, 6.07) is 34.4. The van der Waals surface area contributed by atoms with E-state index < -0.39 is 5.54 Å². The summed E-state index contributed by atoms with van der Waals surface area (Å²) in [5, 5.41) is 2.37. The molecule has 10 rings (SSSR count). The van der Waals surface area contributed by atoms with Crippen molar-refractivity contribution in [1.29, 1.82) is 0 Å². The molecule has 7 aromatic rings. The monoisotopic (exact) mass is 927 g/mol. The van der Waals surface area contributed by atoms with Gasteiger partial charge in [-0.3, -0.25) is 0 Å². The molecular weight excluding hydrogens is 880 g/mol. The average molecular weight is 928 g/mol. The minimum absolute atomic E-state index is 0. The Balaban J connectivity index is 0.00000422. The molecule has 0 bridgehead atoms. The third-order valence-electron chi connectivity index (χ3n) is 13.5. The fourth-order valence-corrected chi connectivity index (χ4v) is 10.4. The van der Waals surface area contributed by atoms with Crippen LogP contribution >= 0.6 is 0 Å².